The lowest BCUT2D eigenvalue weighted by molar-refractivity contribution is -0.199. The molecule has 1 heterocycles. The van der Waals surface area contributed by atoms with Crippen molar-refractivity contribution < 1.29 is 33.6 Å². The minimum atomic E-state index is -1.25. The largest absolute Gasteiger partial charge is 0.478 e. The first-order chi connectivity index (χ1) is 25.8. The molecule has 54 heavy (non-hydrogen) atoms. The van der Waals surface area contributed by atoms with Gasteiger partial charge in [0.25, 0.3) is 0 Å². The Balaban J connectivity index is 0.00000495. The molecule has 312 valence electrons. The Kier molecular flexibility index (Phi) is 22.2. The summed E-state index contributed by atoms with van der Waals surface area (Å²) < 4.78 is 12.6. The lowest BCUT2D eigenvalue weighted by Gasteiger charge is -2.64. The normalized spacial score (nSPS) is 23.8. The Morgan fingerprint density at radius 3 is 2.11 bits per heavy atom. The summed E-state index contributed by atoms with van der Waals surface area (Å²) in [7, 11) is -0.571. The third-order valence-corrected chi connectivity index (χ3v) is 11.5. The molecule has 3 aliphatic carbocycles. The molecule has 14 nitrogen and oxygen atoms in total. The molecular formula is C39H76BN7O7. The second-order valence-corrected chi connectivity index (χ2v) is 16.0. The van der Waals surface area contributed by atoms with Gasteiger partial charge in [0.05, 0.1) is 37.3 Å². The molecule has 2 bridgehead atoms. The topological polar surface area (TPSA) is 205 Å². The molecule has 4 rings (SSSR count). The fraction of sp³-hybridized carbons (Fsp3) is 0.897. The molecule has 1 aliphatic heterocycles. The number of amides is 4. The maximum Gasteiger partial charge on any atom is 0.478 e. The van der Waals surface area contributed by atoms with E-state index in [1.165, 1.54) is 51.9 Å². The van der Waals surface area contributed by atoms with Crippen molar-refractivity contribution in [2.45, 2.75) is 162 Å². The predicted octanol–water partition coefficient (Wildman–Crippen LogP) is 2.31. The van der Waals surface area contributed by atoms with Crippen molar-refractivity contribution >= 4 is 30.7 Å². The van der Waals surface area contributed by atoms with Crippen LogP contribution in [0.25, 0.3) is 0 Å². The van der Waals surface area contributed by atoms with E-state index in [1.54, 1.807) is 0 Å². The van der Waals surface area contributed by atoms with Gasteiger partial charge in [-0.05, 0) is 82.7 Å². The summed E-state index contributed by atoms with van der Waals surface area (Å²) >= 11 is 0. The molecule has 7 atom stereocenters. The molecule has 4 fully saturated rings. The van der Waals surface area contributed by atoms with Gasteiger partial charge < -0.3 is 52.0 Å². The summed E-state index contributed by atoms with van der Waals surface area (Å²) in [5.74, 6) is -1.09. The lowest BCUT2D eigenvalue weighted by Crippen LogP contribution is -2.65. The molecule has 4 aliphatic rings. The maximum absolute atomic E-state index is 13.2. The Hall–Kier alpha value is -2.30. The van der Waals surface area contributed by atoms with Crippen LogP contribution in [0, 0.1) is 17.3 Å². The van der Waals surface area contributed by atoms with Crippen molar-refractivity contribution in [3.63, 3.8) is 0 Å². The van der Waals surface area contributed by atoms with Gasteiger partial charge >= 0.3 is 7.12 Å². The quantitative estimate of drug-likeness (QED) is 0.0453. The van der Waals surface area contributed by atoms with Gasteiger partial charge in [0.2, 0.25) is 23.6 Å². The van der Waals surface area contributed by atoms with E-state index in [9.17, 15) is 24.3 Å². The SMILES string of the molecule is CC.CCCCCCCCCCNCCNCC(=O)NC(C(=O)NCC(=O)NC(CCCCN)C(=O)NCB1OC2CC3CC(C3(C)C)[C@]2(C)O1)C(C)O. The van der Waals surface area contributed by atoms with Crippen LogP contribution in [0.5, 0.6) is 0 Å². The molecule has 3 saturated carbocycles. The van der Waals surface area contributed by atoms with Gasteiger partial charge in [0, 0.05) is 13.1 Å². The number of unbranched alkanes of at least 4 members (excludes halogenated alkanes) is 8. The Morgan fingerprint density at radius 1 is 0.815 bits per heavy atom. The minimum absolute atomic E-state index is 0.00198. The number of nitrogens with two attached hydrogens (primary N) is 1. The minimum Gasteiger partial charge on any atom is -0.404 e. The van der Waals surface area contributed by atoms with E-state index < -0.39 is 49.6 Å². The van der Waals surface area contributed by atoms with Crippen LogP contribution in [0.3, 0.4) is 0 Å². The average molecular weight is 766 g/mol. The van der Waals surface area contributed by atoms with E-state index in [1.807, 2.05) is 13.8 Å². The number of hydrogen-bond acceptors (Lipinski definition) is 10. The van der Waals surface area contributed by atoms with Gasteiger partial charge in [0.1, 0.15) is 12.1 Å². The highest BCUT2D eigenvalue weighted by Crippen LogP contribution is 2.65. The van der Waals surface area contributed by atoms with Crippen molar-refractivity contribution in [2.75, 3.05) is 45.7 Å². The van der Waals surface area contributed by atoms with Crippen molar-refractivity contribution in [3.05, 3.63) is 0 Å². The summed E-state index contributed by atoms with van der Waals surface area (Å²) in [6, 6.07) is -2.10. The predicted molar refractivity (Wildman–Crippen MR) is 214 cm³/mol. The molecular weight excluding hydrogens is 689 g/mol. The standard InChI is InChI=1S/C37H70BN7O7.C2H6/c1-6-7-8-9-10-11-12-15-18-40-19-20-41-23-31(47)45-33(26(2)46)35(50)42-24-32(48)44-28(16-13-14-17-39)34(49)43-25-38-51-30-22-27-21-29(36(27,3)4)37(30,5)52-38;1-2/h26-30,33,40-41,46H,6-25,39H2,1-5H3,(H,42,50)(H,43,49)(H,44,48)(H,45,47);1-2H3/t26?,27?,28?,29?,30?,33?,37-;/m0./s1. The van der Waals surface area contributed by atoms with Crippen LogP contribution in [0.15, 0.2) is 0 Å². The number of rotatable bonds is 27. The van der Waals surface area contributed by atoms with Crippen LogP contribution in [-0.4, -0.2) is 111 Å². The molecule has 0 spiro atoms. The molecule has 4 amide bonds. The van der Waals surface area contributed by atoms with E-state index >= 15 is 0 Å². The van der Waals surface area contributed by atoms with Crippen LogP contribution in [0.4, 0.5) is 0 Å². The number of carbonyl (C=O) groups is 4. The second kappa shape index (κ2) is 25.1. The van der Waals surface area contributed by atoms with Crippen molar-refractivity contribution in [3.8, 4) is 0 Å². The van der Waals surface area contributed by atoms with Crippen molar-refractivity contribution in [1.82, 2.24) is 31.9 Å². The van der Waals surface area contributed by atoms with Crippen LogP contribution in [0.2, 0.25) is 0 Å². The van der Waals surface area contributed by atoms with Crippen LogP contribution in [0.1, 0.15) is 132 Å². The zero-order valence-electron chi connectivity index (χ0n) is 34.7. The highest BCUT2D eigenvalue weighted by atomic mass is 16.7. The fourth-order valence-corrected chi connectivity index (χ4v) is 8.15. The van der Waals surface area contributed by atoms with Gasteiger partial charge in [-0.1, -0.05) is 79.6 Å². The maximum atomic E-state index is 13.2. The number of carbonyl (C=O) groups excluding carboxylic acids is 4. The number of hydrogen-bond donors (Lipinski definition) is 8. The van der Waals surface area contributed by atoms with E-state index in [0.29, 0.717) is 50.7 Å². The number of nitrogens with one attached hydrogen (secondary N) is 6. The second-order valence-electron chi connectivity index (χ2n) is 16.0. The summed E-state index contributed by atoms with van der Waals surface area (Å²) in [5, 5.41) is 27.2. The third kappa shape index (κ3) is 15.0. The third-order valence-electron chi connectivity index (χ3n) is 11.5. The Labute approximate surface area is 326 Å². The van der Waals surface area contributed by atoms with Crippen LogP contribution < -0.4 is 37.6 Å². The Bertz CT molecular complexity index is 1130. The van der Waals surface area contributed by atoms with E-state index in [2.05, 4.69) is 59.6 Å². The number of aliphatic hydroxyl groups is 1. The molecule has 0 radical (unpaired) electrons. The summed E-state index contributed by atoms with van der Waals surface area (Å²) in [6.45, 7) is 16.5. The van der Waals surface area contributed by atoms with E-state index in [4.69, 9.17) is 15.0 Å². The van der Waals surface area contributed by atoms with E-state index in [0.717, 1.165) is 25.8 Å². The highest BCUT2D eigenvalue weighted by Gasteiger charge is 2.67. The van der Waals surface area contributed by atoms with Gasteiger partial charge in [-0.15, -0.1) is 0 Å². The molecule has 0 aromatic carbocycles. The van der Waals surface area contributed by atoms with Gasteiger partial charge in [0.15, 0.2) is 0 Å². The zero-order valence-corrected chi connectivity index (χ0v) is 34.7. The average Bonchev–Trinajstić information content (AvgIpc) is 3.50. The van der Waals surface area contributed by atoms with Crippen LogP contribution in [-0.2, 0) is 28.5 Å². The number of aliphatic hydroxyl groups excluding tert-OH is 1. The monoisotopic (exact) mass is 766 g/mol. The first kappa shape index (κ1) is 47.9. The molecule has 0 aromatic rings. The van der Waals surface area contributed by atoms with Crippen molar-refractivity contribution in [1.29, 1.82) is 0 Å². The molecule has 1 saturated heterocycles. The molecule has 9 N–H and O–H groups in total. The first-order valence-corrected chi connectivity index (χ1v) is 21.1. The molecule has 15 heteroatoms. The van der Waals surface area contributed by atoms with Crippen LogP contribution >= 0.6 is 0 Å². The fourth-order valence-electron chi connectivity index (χ4n) is 8.15. The summed E-state index contributed by atoms with van der Waals surface area (Å²) in [4.78, 5) is 51.5. The van der Waals surface area contributed by atoms with Gasteiger partial charge in [-0.3, -0.25) is 19.2 Å². The lowest BCUT2D eigenvalue weighted by atomic mass is 9.43. The summed E-state index contributed by atoms with van der Waals surface area (Å²) in [6.07, 6.45) is 12.9. The highest BCUT2D eigenvalue weighted by molar-refractivity contribution is 6.46. The van der Waals surface area contributed by atoms with Gasteiger partial charge in [-0.2, -0.15) is 0 Å². The molecule has 0 aromatic heterocycles. The smallest absolute Gasteiger partial charge is 0.404 e. The van der Waals surface area contributed by atoms with Crippen molar-refractivity contribution in [2.24, 2.45) is 23.0 Å². The summed E-state index contributed by atoms with van der Waals surface area (Å²) in [5.41, 5.74) is 5.48. The van der Waals surface area contributed by atoms with Gasteiger partial charge in [-0.25, -0.2) is 0 Å². The zero-order chi connectivity index (χ0) is 40.1. The molecule has 6 unspecified atom stereocenters. The Morgan fingerprint density at radius 2 is 1.46 bits per heavy atom. The van der Waals surface area contributed by atoms with E-state index in [-0.39, 0.29) is 36.0 Å². The first-order valence-electron chi connectivity index (χ1n) is 21.1.